The van der Waals surface area contributed by atoms with Crippen LogP contribution >= 0.6 is 0 Å². The number of nitrogen functional groups attached to an aromatic ring is 1. The number of aliphatic hydroxyl groups is 1. The number of nitro groups is 1. The number of hydrogen-bond acceptors (Lipinski definition) is 5. The molecule has 16 heavy (non-hydrogen) atoms. The molecule has 0 radical (unpaired) electrons. The number of anilines is 2. The molecule has 4 N–H and O–H groups in total. The van der Waals surface area contributed by atoms with Gasteiger partial charge in [0.05, 0.1) is 11.0 Å². The van der Waals surface area contributed by atoms with Gasteiger partial charge in [0.2, 0.25) is 0 Å². The van der Waals surface area contributed by atoms with Gasteiger partial charge in [0.25, 0.3) is 5.69 Å². The van der Waals surface area contributed by atoms with Crippen LogP contribution < -0.4 is 11.1 Å². The SMILES string of the molecule is Cc1cc([N+](=O)[O-])c(NC[C@@H](C)O)cc1N. The predicted octanol–water partition coefficient (Wildman–Crippen LogP) is 1.28. The Morgan fingerprint density at radius 1 is 1.62 bits per heavy atom. The molecule has 1 aromatic carbocycles. The molecule has 0 saturated carbocycles. The molecular formula is C10H15N3O3. The number of benzene rings is 1. The predicted molar refractivity (Wildman–Crippen MR) is 62.4 cm³/mol. The number of nitrogens with zero attached hydrogens (tertiary/aromatic N) is 1. The van der Waals surface area contributed by atoms with Gasteiger partial charge < -0.3 is 16.2 Å². The van der Waals surface area contributed by atoms with Crippen LogP contribution in [0, 0.1) is 17.0 Å². The third-order valence-corrected chi connectivity index (χ3v) is 2.17. The largest absolute Gasteiger partial charge is 0.398 e. The van der Waals surface area contributed by atoms with E-state index in [4.69, 9.17) is 10.8 Å². The van der Waals surface area contributed by atoms with Crippen molar-refractivity contribution >= 4 is 17.1 Å². The number of aliphatic hydroxyl groups excluding tert-OH is 1. The maximum Gasteiger partial charge on any atom is 0.292 e. The van der Waals surface area contributed by atoms with Gasteiger partial charge in [-0.3, -0.25) is 10.1 Å². The first-order valence-electron chi connectivity index (χ1n) is 4.88. The highest BCUT2D eigenvalue weighted by molar-refractivity contribution is 5.70. The smallest absolute Gasteiger partial charge is 0.292 e. The maximum absolute atomic E-state index is 10.8. The quantitative estimate of drug-likeness (QED) is 0.407. The lowest BCUT2D eigenvalue weighted by Gasteiger charge is -2.10. The van der Waals surface area contributed by atoms with E-state index in [0.717, 1.165) is 0 Å². The average Bonchev–Trinajstić information content (AvgIpc) is 2.18. The Balaban J connectivity index is 3.05. The van der Waals surface area contributed by atoms with E-state index in [-0.39, 0.29) is 12.2 Å². The molecule has 0 fully saturated rings. The summed E-state index contributed by atoms with van der Waals surface area (Å²) in [4.78, 5) is 10.3. The molecule has 0 saturated heterocycles. The standard InChI is InChI=1S/C10H15N3O3/c1-6-3-10(13(15)16)9(4-8(6)11)12-5-7(2)14/h3-4,7,12,14H,5,11H2,1-2H3/t7-/m1/s1. The van der Waals surface area contributed by atoms with E-state index in [1.807, 2.05) is 0 Å². The number of rotatable bonds is 4. The first kappa shape index (κ1) is 12.3. The molecule has 6 heteroatoms. The highest BCUT2D eigenvalue weighted by atomic mass is 16.6. The zero-order chi connectivity index (χ0) is 12.3. The van der Waals surface area contributed by atoms with Crippen LogP contribution in [0.5, 0.6) is 0 Å². The number of nitro benzene ring substituents is 1. The minimum absolute atomic E-state index is 0.0349. The normalized spacial score (nSPS) is 12.2. The fourth-order valence-corrected chi connectivity index (χ4v) is 1.26. The topological polar surface area (TPSA) is 101 Å². The summed E-state index contributed by atoms with van der Waals surface area (Å²) in [5.74, 6) is 0. The Kier molecular flexibility index (Phi) is 3.68. The Labute approximate surface area is 93.2 Å². The van der Waals surface area contributed by atoms with Crippen LogP contribution in [0.4, 0.5) is 17.1 Å². The van der Waals surface area contributed by atoms with Gasteiger partial charge in [-0.1, -0.05) is 0 Å². The second kappa shape index (κ2) is 4.80. The summed E-state index contributed by atoms with van der Waals surface area (Å²) in [5.41, 5.74) is 7.11. The van der Waals surface area contributed by atoms with E-state index in [2.05, 4.69) is 5.32 Å². The van der Waals surface area contributed by atoms with Gasteiger partial charge in [-0.15, -0.1) is 0 Å². The van der Waals surface area contributed by atoms with Crippen molar-refractivity contribution in [3.63, 3.8) is 0 Å². The Morgan fingerprint density at radius 2 is 2.25 bits per heavy atom. The van der Waals surface area contributed by atoms with Gasteiger partial charge in [0, 0.05) is 18.3 Å². The molecule has 0 unspecified atom stereocenters. The molecule has 0 aliphatic rings. The van der Waals surface area contributed by atoms with Crippen molar-refractivity contribution in [1.29, 1.82) is 0 Å². The number of nitrogens with one attached hydrogen (secondary N) is 1. The Hall–Kier alpha value is -1.82. The zero-order valence-electron chi connectivity index (χ0n) is 9.23. The minimum Gasteiger partial charge on any atom is -0.398 e. The summed E-state index contributed by atoms with van der Waals surface area (Å²) in [6, 6.07) is 2.93. The Morgan fingerprint density at radius 3 is 2.75 bits per heavy atom. The monoisotopic (exact) mass is 225 g/mol. The lowest BCUT2D eigenvalue weighted by atomic mass is 10.1. The molecule has 88 valence electrons. The molecular weight excluding hydrogens is 210 g/mol. The summed E-state index contributed by atoms with van der Waals surface area (Å²) in [7, 11) is 0. The summed E-state index contributed by atoms with van der Waals surface area (Å²) in [6.45, 7) is 3.54. The Bertz CT molecular complexity index is 405. The highest BCUT2D eigenvalue weighted by Crippen LogP contribution is 2.29. The highest BCUT2D eigenvalue weighted by Gasteiger charge is 2.15. The molecule has 0 amide bonds. The second-order valence-electron chi connectivity index (χ2n) is 3.71. The van der Waals surface area contributed by atoms with Gasteiger partial charge in [-0.25, -0.2) is 0 Å². The van der Waals surface area contributed by atoms with Crippen molar-refractivity contribution < 1.29 is 10.0 Å². The fourth-order valence-electron chi connectivity index (χ4n) is 1.26. The molecule has 0 spiro atoms. The van der Waals surface area contributed by atoms with Crippen LogP contribution in [0.2, 0.25) is 0 Å². The van der Waals surface area contributed by atoms with Crippen molar-refractivity contribution in [1.82, 2.24) is 0 Å². The first-order chi connectivity index (χ1) is 7.41. The van der Waals surface area contributed by atoms with Crippen molar-refractivity contribution in [2.45, 2.75) is 20.0 Å². The summed E-state index contributed by atoms with van der Waals surface area (Å²) < 4.78 is 0. The molecule has 0 aliphatic carbocycles. The van der Waals surface area contributed by atoms with Crippen LogP contribution in [0.15, 0.2) is 12.1 Å². The van der Waals surface area contributed by atoms with Gasteiger partial charge in [0.1, 0.15) is 5.69 Å². The van der Waals surface area contributed by atoms with Crippen molar-refractivity contribution in [3.8, 4) is 0 Å². The van der Waals surface area contributed by atoms with E-state index in [1.54, 1.807) is 13.8 Å². The molecule has 6 nitrogen and oxygen atoms in total. The third-order valence-electron chi connectivity index (χ3n) is 2.17. The summed E-state index contributed by atoms with van der Waals surface area (Å²) in [5, 5.41) is 22.7. The van der Waals surface area contributed by atoms with Crippen LogP contribution in [0.25, 0.3) is 0 Å². The number of hydrogen-bond donors (Lipinski definition) is 3. The maximum atomic E-state index is 10.8. The van der Waals surface area contributed by atoms with E-state index >= 15 is 0 Å². The molecule has 1 rings (SSSR count). The molecule has 0 aliphatic heterocycles. The molecule has 0 heterocycles. The van der Waals surface area contributed by atoms with Gasteiger partial charge in [-0.05, 0) is 25.5 Å². The van der Waals surface area contributed by atoms with Crippen molar-refractivity contribution in [2.24, 2.45) is 0 Å². The average molecular weight is 225 g/mol. The second-order valence-corrected chi connectivity index (χ2v) is 3.71. The van der Waals surface area contributed by atoms with Crippen LogP contribution in [-0.2, 0) is 0 Å². The van der Waals surface area contributed by atoms with E-state index in [9.17, 15) is 10.1 Å². The molecule has 0 aromatic heterocycles. The zero-order valence-corrected chi connectivity index (χ0v) is 9.23. The minimum atomic E-state index is -0.581. The van der Waals surface area contributed by atoms with Crippen LogP contribution in [0.3, 0.4) is 0 Å². The van der Waals surface area contributed by atoms with Crippen LogP contribution in [-0.4, -0.2) is 22.7 Å². The summed E-state index contributed by atoms with van der Waals surface area (Å²) >= 11 is 0. The van der Waals surface area contributed by atoms with Gasteiger partial charge in [0.15, 0.2) is 0 Å². The lowest BCUT2D eigenvalue weighted by molar-refractivity contribution is -0.384. The van der Waals surface area contributed by atoms with Gasteiger partial charge in [-0.2, -0.15) is 0 Å². The fraction of sp³-hybridized carbons (Fsp3) is 0.400. The molecule has 1 atom stereocenters. The summed E-state index contributed by atoms with van der Waals surface area (Å²) in [6.07, 6.45) is -0.581. The number of aryl methyl sites for hydroxylation is 1. The van der Waals surface area contributed by atoms with E-state index in [1.165, 1.54) is 12.1 Å². The van der Waals surface area contributed by atoms with Crippen molar-refractivity contribution in [2.75, 3.05) is 17.6 Å². The third kappa shape index (κ3) is 2.83. The first-order valence-corrected chi connectivity index (χ1v) is 4.88. The van der Waals surface area contributed by atoms with Crippen LogP contribution in [0.1, 0.15) is 12.5 Å². The van der Waals surface area contributed by atoms with E-state index in [0.29, 0.717) is 16.9 Å². The lowest BCUT2D eigenvalue weighted by Crippen LogP contribution is -2.16. The molecule has 1 aromatic rings. The van der Waals surface area contributed by atoms with E-state index < -0.39 is 11.0 Å². The van der Waals surface area contributed by atoms with Gasteiger partial charge >= 0.3 is 0 Å². The molecule has 0 bridgehead atoms. The van der Waals surface area contributed by atoms with Crippen molar-refractivity contribution in [3.05, 3.63) is 27.8 Å². The number of nitrogens with two attached hydrogens (primary N) is 1.